The highest BCUT2D eigenvalue weighted by atomic mass is 35.5. The van der Waals surface area contributed by atoms with Crippen LogP contribution in [0.25, 0.3) is 11.1 Å². The number of aliphatic hydroxyl groups excluding tert-OH is 3. The van der Waals surface area contributed by atoms with Gasteiger partial charge in [0.05, 0.1) is 11.1 Å². The summed E-state index contributed by atoms with van der Waals surface area (Å²) in [6.07, 6.45) is -2.23. The van der Waals surface area contributed by atoms with E-state index >= 15 is 0 Å². The minimum Gasteiger partial charge on any atom is -0.475 e. The minimum atomic E-state index is -1.30. The predicted octanol–water partition coefficient (Wildman–Crippen LogP) is 2.08. The number of hydrogen-bond acceptors (Lipinski definition) is 6. The van der Waals surface area contributed by atoms with Crippen LogP contribution in [0.2, 0.25) is 5.02 Å². The van der Waals surface area contributed by atoms with Gasteiger partial charge in [-0.05, 0) is 29.8 Å². The quantitative estimate of drug-likeness (QED) is 0.716. The molecule has 0 saturated carbocycles. The standard InChI is InChI=1S/C16H15ClFNO4S/c17-10-4-3-8(9-2-1-5-19-15(9)18)6-12(10)23-16-14(22)13(21)11(20)7-24-16/h1-6,11,13-14,16,20-22H,7H2/t11-,13+,14-,16+/m1/s1. The van der Waals surface area contributed by atoms with Gasteiger partial charge in [-0.25, -0.2) is 4.98 Å². The van der Waals surface area contributed by atoms with Gasteiger partial charge in [-0.15, -0.1) is 11.8 Å². The lowest BCUT2D eigenvalue weighted by molar-refractivity contribution is -0.0785. The van der Waals surface area contributed by atoms with Gasteiger partial charge in [-0.1, -0.05) is 17.7 Å². The van der Waals surface area contributed by atoms with Crippen molar-refractivity contribution < 1.29 is 24.4 Å². The average molecular weight is 372 g/mol. The molecular formula is C16H15ClFNO4S. The van der Waals surface area contributed by atoms with Gasteiger partial charge < -0.3 is 20.1 Å². The SMILES string of the molecule is O[C@@H]1[C@@H](O)[C@@H](Oc2cc(-c3cccnc3F)ccc2Cl)SC[C@H]1O. The van der Waals surface area contributed by atoms with Crippen LogP contribution in [0.15, 0.2) is 36.5 Å². The fourth-order valence-corrected chi connectivity index (χ4v) is 3.65. The monoisotopic (exact) mass is 371 g/mol. The van der Waals surface area contributed by atoms with Crippen molar-refractivity contribution in [2.75, 3.05) is 5.75 Å². The molecule has 0 radical (unpaired) electrons. The van der Waals surface area contributed by atoms with Crippen LogP contribution in [0, 0.1) is 5.95 Å². The van der Waals surface area contributed by atoms with Gasteiger partial charge in [-0.3, -0.25) is 0 Å². The molecule has 3 rings (SSSR count). The Kier molecular flexibility index (Phi) is 5.27. The third-order valence-corrected chi connectivity index (χ3v) is 5.25. The highest BCUT2D eigenvalue weighted by Gasteiger charge is 2.38. The number of thioether (sulfide) groups is 1. The fourth-order valence-electron chi connectivity index (χ4n) is 2.37. The van der Waals surface area contributed by atoms with E-state index in [1.165, 1.54) is 6.20 Å². The van der Waals surface area contributed by atoms with Crippen LogP contribution in [0.5, 0.6) is 5.75 Å². The number of nitrogens with zero attached hydrogens (tertiary/aromatic N) is 1. The Hall–Kier alpha value is -1.38. The summed E-state index contributed by atoms with van der Waals surface area (Å²) in [7, 11) is 0. The van der Waals surface area contributed by atoms with E-state index in [0.717, 1.165) is 11.8 Å². The zero-order chi connectivity index (χ0) is 17.3. The molecule has 0 amide bonds. The van der Waals surface area contributed by atoms with E-state index < -0.39 is 29.7 Å². The second-order valence-electron chi connectivity index (χ2n) is 5.36. The zero-order valence-electron chi connectivity index (χ0n) is 12.3. The topological polar surface area (TPSA) is 82.8 Å². The fraction of sp³-hybridized carbons (Fsp3) is 0.312. The summed E-state index contributed by atoms with van der Waals surface area (Å²) in [5, 5.41) is 29.6. The van der Waals surface area contributed by atoms with E-state index in [2.05, 4.69) is 4.98 Å². The largest absolute Gasteiger partial charge is 0.475 e. The third-order valence-electron chi connectivity index (χ3n) is 3.70. The maximum Gasteiger partial charge on any atom is 0.220 e. The van der Waals surface area contributed by atoms with Crippen LogP contribution in [0.3, 0.4) is 0 Å². The first kappa shape index (κ1) is 17.4. The highest BCUT2D eigenvalue weighted by molar-refractivity contribution is 7.99. The molecule has 8 heteroatoms. The Labute approximate surface area is 147 Å². The van der Waals surface area contributed by atoms with E-state index in [4.69, 9.17) is 16.3 Å². The number of aliphatic hydroxyl groups is 3. The van der Waals surface area contributed by atoms with Crippen molar-refractivity contribution in [2.24, 2.45) is 0 Å². The van der Waals surface area contributed by atoms with Crippen LogP contribution >= 0.6 is 23.4 Å². The van der Waals surface area contributed by atoms with Gasteiger partial charge in [0.15, 0.2) is 5.44 Å². The molecular weight excluding hydrogens is 357 g/mol. The molecule has 1 fully saturated rings. The van der Waals surface area contributed by atoms with E-state index in [-0.39, 0.29) is 16.5 Å². The number of ether oxygens (including phenoxy) is 1. The molecule has 1 aliphatic rings. The molecule has 24 heavy (non-hydrogen) atoms. The normalized spacial score (nSPS) is 27.0. The summed E-state index contributed by atoms with van der Waals surface area (Å²) < 4.78 is 19.5. The number of benzene rings is 1. The van der Waals surface area contributed by atoms with Gasteiger partial charge in [0.25, 0.3) is 0 Å². The Morgan fingerprint density at radius 2 is 2.00 bits per heavy atom. The maximum absolute atomic E-state index is 13.8. The van der Waals surface area contributed by atoms with Crippen molar-refractivity contribution in [1.29, 1.82) is 0 Å². The molecule has 1 saturated heterocycles. The molecule has 4 atom stereocenters. The Morgan fingerprint density at radius 1 is 1.21 bits per heavy atom. The lowest BCUT2D eigenvalue weighted by atomic mass is 10.1. The summed E-state index contributed by atoms with van der Waals surface area (Å²) in [6, 6.07) is 7.95. The second kappa shape index (κ2) is 7.25. The molecule has 0 aliphatic carbocycles. The maximum atomic E-state index is 13.8. The minimum absolute atomic E-state index is 0.220. The van der Waals surface area contributed by atoms with Crippen molar-refractivity contribution >= 4 is 23.4 Å². The van der Waals surface area contributed by atoms with Crippen molar-refractivity contribution in [1.82, 2.24) is 4.98 Å². The first-order valence-electron chi connectivity index (χ1n) is 7.20. The number of pyridine rings is 1. The molecule has 0 unspecified atom stereocenters. The van der Waals surface area contributed by atoms with Gasteiger partial charge in [0.1, 0.15) is 18.0 Å². The van der Waals surface area contributed by atoms with Gasteiger partial charge >= 0.3 is 0 Å². The van der Waals surface area contributed by atoms with Gasteiger partial charge in [0.2, 0.25) is 5.95 Å². The van der Waals surface area contributed by atoms with E-state index in [0.29, 0.717) is 11.1 Å². The summed E-state index contributed by atoms with van der Waals surface area (Å²) in [4.78, 5) is 3.61. The lowest BCUT2D eigenvalue weighted by Gasteiger charge is -2.34. The zero-order valence-corrected chi connectivity index (χ0v) is 13.9. The summed E-state index contributed by atoms with van der Waals surface area (Å²) in [5.41, 5.74) is 0.0251. The molecule has 2 aromatic rings. The number of halogens is 2. The van der Waals surface area contributed by atoms with Crippen molar-refractivity contribution in [3.05, 3.63) is 47.5 Å². The van der Waals surface area contributed by atoms with E-state index in [9.17, 15) is 19.7 Å². The summed E-state index contributed by atoms with van der Waals surface area (Å²) >= 11 is 7.28. The van der Waals surface area contributed by atoms with Crippen LogP contribution in [-0.2, 0) is 0 Å². The number of aromatic nitrogens is 1. The number of hydrogen-bond donors (Lipinski definition) is 3. The van der Waals surface area contributed by atoms with Crippen LogP contribution in [0.4, 0.5) is 4.39 Å². The second-order valence-corrected chi connectivity index (χ2v) is 6.89. The Bertz CT molecular complexity index is 735. The molecule has 5 nitrogen and oxygen atoms in total. The first-order valence-corrected chi connectivity index (χ1v) is 8.63. The molecule has 3 N–H and O–H groups in total. The molecule has 0 spiro atoms. The van der Waals surface area contributed by atoms with Gasteiger partial charge in [-0.2, -0.15) is 4.39 Å². The first-order chi connectivity index (χ1) is 11.5. The molecule has 1 aromatic heterocycles. The Morgan fingerprint density at radius 3 is 2.75 bits per heavy atom. The van der Waals surface area contributed by atoms with Crippen LogP contribution in [-0.4, -0.2) is 49.8 Å². The van der Waals surface area contributed by atoms with Crippen molar-refractivity contribution in [3.63, 3.8) is 0 Å². The lowest BCUT2D eigenvalue weighted by Crippen LogP contribution is -2.50. The van der Waals surface area contributed by atoms with E-state index in [1.54, 1.807) is 30.3 Å². The van der Waals surface area contributed by atoms with Crippen molar-refractivity contribution in [3.8, 4) is 16.9 Å². The average Bonchev–Trinajstić information content (AvgIpc) is 2.58. The number of rotatable bonds is 3. The van der Waals surface area contributed by atoms with Crippen LogP contribution < -0.4 is 4.74 Å². The molecule has 2 heterocycles. The third kappa shape index (κ3) is 3.50. The predicted molar refractivity (Wildman–Crippen MR) is 89.5 cm³/mol. The van der Waals surface area contributed by atoms with Gasteiger partial charge in [0, 0.05) is 17.5 Å². The molecule has 128 valence electrons. The molecule has 1 aromatic carbocycles. The van der Waals surface area contributed by atoms with Crippen LogP contribution in [0.1, 0.15) is 0 Å². The van der Waals surface area contributed by atoms with E-state index in [1.807, 2.05) is 0 Å². The molecule has 1 aliphatic heterocycles. The highest BCUT2D eigenvalue weighted by Crippen LogP contribution is 2.35. The molecule has 0 bridgehead atoms. The summed E-state index contributed by atoms with van der Waals surface area (Å²) in [5.74, 6) is -0.147. The summed E-state index contributed by atoms with van der Waals surface area (Å²) in [6.45, 7) is 0. The Balaban J connectivity index is 1.86. The smallest absolute Gasteiger partial charge is 0.220 e. The van der Waals surface area contributed by atoms with Crippen molar-refractivity contribution in [2.45, 2.75) is 23.7 Å².